The van der Waals surface area contributed by atoms with Crippen molar-refractivity contribution in [3.8, 4) is 17.6 Å². The molecule has 170 valence electrons. The van der Waals surface area contributed by atoms with Gasteiger partial charge >= 0.3 is 0 Å². The number of halogens is 2. The summed E-state index contributed by atoms with van der Waals surface area (Å²) in [5.41, 5.74) is 2.43. The van der Waals surface area contributed by atoms with Crippen molar-refractivity contribution in [2.45, 2.75) is 6.61 Å². The van der Waals surface area contributed by atoms with Crippen LogP contribution in [0.2, 0.25) is 0 Å². The molecular formula is C25H16Br2N2O4S. The summed E-state index contributed by atoms with van der Waals surface area (Å²) < 4.78 is 12.6. The molecule has 3 aromatic rings. The van der Waals surface area contributed by atoms with E-state index in [1.54, 1.807) is 54.6 Å². The van der Waals surface area contributed by atoms with E-state index in [4.69, 9.17) is 9.47 Å². The van der Waals surface area contributed by atoms with E-state index in [9.17, 15) is 14.9 Å². The Morgan fingerprint density at radius 1 is 1.06 bits per heavy atom. The predicted octanol–water partition coefficient (Wildman–Crippen LogP) is 6.91. The van der Waals surface area contributed by atoms with Gasteiger partial charge in [-0.1, -0.05) is 30.3 Å². The van der Waals surface area contributed by atoms with Gasteiger partial charge in [-0.3, -0.25) is 9.59 Å². The van der Waals surface area contributed by atoms with Crippen LogP contribution < -0.4 is 14.4 Å². The number of para-hydroxylation sites is 2. The molecule has 0 saturated carbocycles. The van der Waals surface area contributed by atoms with Gasteiger partial charge in [0.15, 0.2) is 0 Å². The van der Waals surface area contributed by atoms with Gasteiger partial charge in [0.1, 0.15) is 18.1 Å². The molecule has 0 bridgehead atoms. The van der Waals surface area contributed by atoms with Crippen molar-refractivity contribution in [3.63, 3.8) is 0 Å². The van der Waals surface area contributed by atoms with Gasteiger partial charge in [-0.05, 0) is 85.6 Å². The van der Waals surface area contributed by atoms with Crippen molar-refractivity contribution in [1.82, 2.24) is 0 Å². The van der Waals surface area contributed by atoms with Gasteiger partial charge in [-0.25, -0.2) is 4.90 Å². The monoisotopic (exact) mass is 598 g/mol. The molecule has 2 amide bonds. The molecule has 0 N–H and O–H groups in total. The van der Waals surface area contributed by atoms with Crippen molar-refractivity contribution < 1.29 is 19.1 Å². The van der Waals surface area contributed by atoms with Crippen molar-refractivity contribution in [2.75, 3.05) is 12.0 Å². The number of ether oxygens (including phenoxy) is 2. The Bertz CT molecular complexity index is 1340. The number of amides is 2. The highest BCUT2D eigenvalue weighted by molar-refractivity contribution is 9.11. The van der Waals surface area contributed by atoms with Crippen LogP contribution in [-0.4, -0.2) is 18.3 Å². The number of nitrogens with zero attached hydrogens (tertiary/aromatic N) is 2. The quantitative estimate of drug-likeness (QED) is 0.286. The second kappa shape index (κ2) is 10.5. The number of carbonyl (C=O) groups excluding carboxylic acids is 2. The van der Waals surface area contributed by atoms with Gasteiger partial charge in [-0.15, -0.1) is 0 Å². The summed E-state index contributed by atoms with van der Waals surface area (Å²) in [6.07, 6.45) is 1.66. The SMILES string of the molecule is COc1ccccc1N1C(=O)S/C(=C\c2cc(Br)c(OCc3ccccc3C#N)c(Br)c2)C1=O. The molecule has 34 heavy (non-hydrogen) atoms. The maximum Gasteiger partial charge on any atom is 0.298 e. The van der Waals surface area contributed by atoms with Crippen LogP contribution in [0, 0.1) is 11.3 Å². The number of hydrogen-bond donors (Lipinski definition) is 0. The first-order valence-electron chi connectivity index (χ1n) is 9.93. The minimum Gasteiger partial charge on any atom is -0.495 e. The molecule has 0 radical (unpaired) electrons. The lowest BCUT2D eigenvalue weighted by molar-refractivity contribution is -0.113. The zero-order valence-corrected chi connectivity index (χ0v) is 21.7. The number of rotatable bonds is 6. The molecule has 0 aromatic heterocycles. The van der Waals surface area contributed by atoms with E-state index >= 15 is 0 Å². The maximum atomic E-state index is 13.0. The third kappa shape index (κ3) is 4.89. The van der Waals surface area contributed by atoms with Crippen molar-refractivity contribution in [3.05, 3.63) is 91.2 Å². The van der Waals surface area contributed by atoms with E-state index in [2.05, 4.69) is 37.9 Å². The van der Waals surface area contributed by atoms with Crippen molar-refractivity contribution in [2.24, 2.45) is 0 Å². The van der Waals surface area contributed by atoms with Crippen LogP contribution in [-0.2, 0) is 11.4 Å². The molecule has 9 heteroatoms. The Hall–Kier alpha value is -3.06. The van der Waals surface area contributed by atoms with Crippen LogP contribution in [0.5, 0.6) is 11.5 Å². The number of methoxy groups -OCH3 is 1. The average molecular weight is 600 g/mol. The van der Waals surface area contributed by atoms with E-state index in [1.807, 2.05) is 12.1 Å². The first kappa shape index (κ1) is 24.1. The molecule has 6 nitrogen and oxygen atoms in total. The lowest BCUT2D eigenvalue weighted by Gasteiger charge is -2.15. The first-order valence-corrected chi connectivity index (χ1v) is 12.3. The first-order chi connectivity index (χ1) is 16.4. The average Bonchev–Trinajstić information content (AvgIpc) is 3.11. The van der Waals surface area contributed by atoms with Crippen LogP contribution >= 0.6 is 43.6 Å². The molecule has 0 aliphatic carbocycles. The molecular weight excluding hydrogens is 584 g/mol. The smallest absolute Gasteiger partial charge is 0.298 e. The Labute approximate surface area is 217 Å². The third-order valence-electron chi connectivity index (χ3n) is 4.95. The van der Waals surface area contributed by atoms with Gasteiger partial charge in [0.05, 0.1) is 38.3 Å². The number of nitriles is 1. The summed E-state index contributed by atoms with van der Waals surface area (Å²) >= 11 is 7.90. The highest BCUT2D eigenvalue weighted by Crippen LogP contribution is 2.41. The Morgan fingerprint density at radius 2 is 1.74 bits per heavy atom. The Balaban J connectivity index is 1.57. The van der Waals surface area contributed by atoms with Gasteiger partial charge < -0.3 is 9.47 Å². The number of benzene rings is 3. The minimum atomic E-state index is -0.416. The largest absolute Gasteiger partial charge is 0.495 e. The summed E-state index contributed by atoms with van der Waals surface area (Å²) in [6.45, 7) is 0.220. The number of hydrogen-bond acceptors (Lipinski definition) is 6. The maximum absolute atomic E-state index is 13.0. The molecule has 0 atom stereocenters. The fourth-order valence-corrected chi connectivity index (χ4v) is 5.63. The van der Waals surface area contributed by atoms with Gasteiger partial charge in [-0.2, -0.15) is 5.26 Å². The normalized spacial score (nSPS) is 14.4. The van der Waals surface area contributed by atoms with Gasteiger partial charge in [0.25, 0.3) is 11.1 Å². The fraction of sp³-hybridized carbons (Fsp3) is 0.0800. The molecule has 1 saturated heterocycles. The van der Waals surface area contributed by atoms with E-state index in [-0.39, 0.29) is 6.61 Å². The zero-order chi connectivity index (χ0) is 24.2. The lowest BCUT2D eigenvalue weighted by atomic mass is 10.1. The molecule has 0 spiro atoms. The van der Waals surface area contributed by atoms with Crippen LogP contribution in [0.25, 0.3) is 6.08 Å². The van der Waals surface area contributed by atoms with Crippen molar-refractivity contribution in [1.29, 1.82) is 5.26 Å². The number of anilines is 1. The lowest BCUT2D eigenvalue weighted by Crippen LogP contribution is -2.28. The molecule has 1 aliphatic heterocycles. The fourth-order valence-electron chi connectivity index (χ4n) is 3.35. The predicted molar refractivity (Wildman–Crippen MR) is 139 cm³/mol. The molecule has 1 aliphatic rings. The van der Waals surface area contributed by atoms with Crippen LogP contribution in [0.1, 0.15) is 16.7 Å². The molecule has 4 rings (SSSR count). The van der Waals surface area contributed by atoms with E-state index in [1.165, 1.54) is 7.11 Å². The third-order valence-corrected chi connectivity index (χ3v) is 7.00. The van der Waals surface area contributed by atoms with E-state index < -0.39 is 11.1 Å². The number of imide groups is 1. The van der Waals surface area contributed by atoms with Gasteiger partial charge in [0.2, 0.25) is 0 Å². The Kier molecular flexibility index (Phi) is 7.41. The summed E-state index contributed by atoms with van der Waals surface area (Å²) in [7, 11) is 1.49. The minimum absolute atomic E-state index is 0.220. The molecule has 1 heterocycles. The number of thioether (sulfide) groups is 1. The summed E-state index contributed by atoms with van der Waals surface area (Å²) in [5, 5.41) is 8.87. The van der Waals surface area contributed by atoms with Crippen LogP contribution in [0.15, 0.2) is 74.5 Å². The zero-order valence-electron chi connectivity index (χ0n) is 17.7. The summed E-state index contributed by atoms with van der Waals surface area (Å²) in [5.74, 6) is 0.586. The number of carbonyl (C=O) groups is 2. The van der Waals surface area contributed by atoms with Crippen molar-refractivity contribution >= 4 is 66.5 Å². The molecule has 1 fully saturated rings. The van der Waals surface area contributed by atoms with Crippen LogP contribution in [0.4, 0.5) is 10.5 Å². The topological polar surface area (TPSA) is 79.6 Å². The van der Waals surface area contributed by atoms with E-state index in [0.717, 1.165) is 22.2 Å². The second-order valence-corrected chi connectivity index (χ2v) is 9.76. The second-order valence-electron chi connectivity index (χ2n) is 7.06. The standard InChI is InChI=1S/C25H16Br2N2O4S/c1-32-21-9-5-4-8-20(21)29-24(30)22(34-25(29)31)12-15-10-18(26)23(19(27)11-15)33-14-17-7-3-2-6-16(17)13-28/h2-12H,14H2,1H3/b22-12-. The Morgan fingerprint density at radius 3 is 2.44 bits per heavy atom. The van der Waals surface area contributed by atoms with Crippen LogP contribution in [0.3, 0.4) is 0 Å². The molecule has 3 aromatic carbocycles. The summed E-state index contributed by atoms with van der Waals surface area (Å²) in [6, 6.07) is 19.9. The highest BCUT2D eigenvalue weighted by atomic mass is 79.9. The highest BCUT2D eigenvalue weighted by Gasteiger charge is 2.37. The van der Waals surface area contributed by atoms with Gasteiger partial charge in [0, 0.05) is 5.56 Å². The van der Waals surface area contributed by atoms with E-state index in [0.29, 0.717) is 42.2 Å². The summed E-state index contributed by atoms with van der Waals surface area (Å²) in [4.78, 5) is 27.1. The molecule has 0 unspecified atom stereocenters.